The number of carbonyl (C=O) groups excluding carboxylic acids is 5. The summed E-state index contributed by atoms with van der Waals surface area (Å²) in [7, 11) is -5.87. The van der Waals surface area contributed by atoms with Gasteiger partial charge in [-0.1, -0.05) is 94.4 Å². The molecule has 6 atom stereocenters. The van der Waals surface area contributed by atoms with E-state index < -0.39 is 78.7 Å². The second-order valence-electron chi connectivity index (χ2n) is 24.9. The number of rotatable bonds is 18. The van der Waals surface area contributed by atoms with Crippen LogP contribution in [0.5, 0.6) is 11.5 Å². The molecule has 15 nitrogen and oxygen atoms in total. The van der Waals surface area contributed by atoms with Gasteiger partial charge in [0.05, 0.1) is 50.1 Å². The molecule has 0 spiro atoms. The molecule has 3 heterocycles. The van der Waals surface area contributed by atoms with Gasteiger partial charge in [-0.3, -0.25) is 24.0 Å². The number of phenols is 1. The van der Waals surface area contributed by atoms with E-state index in [-0.39, 0.29) is 58.6 Å². The molecule has 0 amide bonds. The highest BCUT2D eigenvalue weighted by Gasteiger charge is 2.65. The van der Waals surface area contributed by atoms with Crippen LogP contribution < -0.4 is 4.74 Å². The third-order valence-corrected chi connectivity index (χ3v) is 19.3. The molecule has 22 heteroatoms. The Hall–Kier alpha value is -6.88. The molecular weight excluding hydrogens is 1220 g/mol. The maximum absolute atomic E-state index is 13.0. The fraction of sp³-hybridized carbons (Fsp3) is 0.485. The summed E-state index contributed by atoms with van der Waals surface area (Å²) in [5.41, 5.74) is -3.80. The molecule has 0 radical (unpaired) electrons. The number of ether oxygens (including phenoxy) is 6. The number of carbonyl (C=O) groups is 5. The Morgan fingerprint density at radius 3 is 1.40 bits per heavy atom. The fourth-order valence-corrected chi connectivity index (χ4v) is 10.7. The zero-order chi connectivity index (χ0) is 68.0. The molecule has 5 aromatic carbocycles. The van der Waals surface area contributed by atoms with Crippen LogP contribution in [0.25, 0.3) is 0 Å². The predicted molar refractivity (Wildman–Crippen MR) is 329 cm³/mol. The van der Waals surface area contributed by atoms with Crippen LogP contribution in [-0.2, 0) is 80.4 Å². The molecule has 3 aliphatic heterocycles. The maximum Gasteiger partial charge on any atom is 0.416 e. The topological polar surface area (TPSA) is 218 Å². The Kier molecular flexibility index (Phi) is 26.0. The molecule has 2 bridgehead atoms. The van der Waals surface area contributed by atoms with Gasteiger partial charge < -0.3 is 38.1 Å². The Labute approximate surface area is 528 Å². The van der Waals surface area contributed by atoms with Gasteiger partial charge in [-0.15, -0.1) is 0 Å². The van der Waals surface area contributed by atoms with Crippen LogP contribution in [0, 0.1) is 27.6 Å². The summed E-state index contributed by atoms with van der Waals surface area (Å²) in [6.07, 6.45) is -4.88. The SMILES string of the molecule is CCC(C)(C)C(=O)OC(C)(C)c1ccc(C(F)(F)F)cc1.CCC(C)(C)C(=O)OC(C)C(F)(F)S(=O)(=O)[O-].CCC(C)(C)C(=O)OC1C2CC3C(=O)OC1C3O2.CCC(C)(C)C(=O)Oc1ccc(O)cc1.c1ccc([S+](c2ccccc2)c2ccccc2)cc1. The number of hydrogen-bond acceptors (Lipinski definition) is 15. The highest BCUT2D eigenvalue weighted by molar-refractivity contribution is 7.97. The fourth-order valence-electron chi connectivity index (χ4n) is 8.16. The lowest BCUT2D eigenvalue weighted by atomic mass is 9.87. The van der Waals surface area contributed by atoms with Crippen molar-refractivity contribution in [2.24, 2.45) is 27.6 Å². The van der Waals surface area contributed by atoms with Gasteiger partial charge >= 0.3 is 41.3 Å². The number of halogens is 5. The van der Waals surface area contributed by atoms with Crippen molar-refractivity contribution in [1.82, 2.24) is 0 Å². The molecule has 8 rings (SSSR count). The lowest BCUT2D eigenvalue weighted by Crippen LogP contribution is -2.44. The summed E-state index contributed by atoms with van der Waals surface area (Å²) in [6.45, 7) is 25.3. The maximum atomic E-state index is 13.0. The van der Waals surface area contributed by atoms with E-state index in [2.05, 4.69) is 95.7 Å². The first-order valence-electron chi connectivity index (χ1n) is 29.5. The normalized spacial score (nSPS) is 18.3. The van der Waals surface area contributed by atoms with Crippen LogP contribution in [-0.4, -0.2) is 83.7 Å². The van der Waals surface area contributed by atoms with E-state index >= 15 is 0 Å². The van der Waals surface area contributed by atoms with E-state index in [9.17, 15) is 58.9 Å². The molecular formula is C68H85F5O15S2. The molecule has 3 aliphatic rings. The number of aromatic hydroxyl groups is 1. The second kappa shape index (κ2) is 31.0. The monoisotopic (exact) mass is 1300 g/mol. The minimum absolute atomic E-state index is 0.0146. The van der Waals surface area contributed by atoms with E-state index in [4.69, 9.17) is 28.8 Å². The van der Waals surface area contributed by atoms with Gasteiger partial charge in [0.25, 0.3) is 0 Å². The van der Waals surface area contributed by atoms with Crippen molar-refractivity contribution in [3.8, 4) is 11.5 Å². The van der Waals surface area contributed by atoms with E-state index in [1.807, 2.05) is 48.5 Å². The lowest BCUT2D eigenvalue weighted by molar-refractivity contribution is -0.170. The standard InChI is InChI=1S/C18H15S.C16H21F3O2.C13H18O5.C12H16O3.C9H16F2O5S/c1-4-10-16(11-5-1)19(17-12-6-2-7-13-17)18-14-8-3-9-15-18;1-6-14(2,3)13(20)21-15(4,5)11-7-9-12(10-8-11)16(17,18)19;1-4-13(2,3)12(15)18-9-7-5-6-8(16-7)10(9)17-11(6)14;1-4-12(2,3)11(14)15-10-7-5-9(13)6-8-10;1-5-8(3,4)7(12)16-6(2)9(10,11)17(13,14)15/h1-15H;7-10H,6H2,1-5H3;6-10H,4-5H2,1-3H3;5-8,13H,4H2,1-3H3;6H,5H2,1-4H3,(H,13,14,15)/q+1;;;;/p-1. The van der Waals surface area contributed by atoms with Crippen molar-refractivity contribution in [3.63, 3.8) is 0 Å². The van der Waals surface area contributed by atoms with Crippen LogP contribution in [0.1, 0.15) is 147 Å². The molecule has 0 aliphatic carbocycles. The number of fused-ring (bicyclic) bond motifs is 1. The van der Waals surface area contributed by atoms with Crippen LogP contribution in [0.15, 0.2) is 154 Å². The van der Waals surface area contributed by atoms with Crippen molar-refractivity contribution < 1.29 is 92.4 Å². The Balaban J connectivity index is 0.000000241. The van der Waals surface area contributed by atoms with Crippen molar-refractivity contribution in [2.75, 3.05) is 0 Å². The Bertz CT molecular complexity index is 3170. The zero-order valence-corrected chi connectivity index (χ0v) is 55.3. The van der Waals surface area contributed by atoms with Crippen LogP contribution in [0.3, 0.4) is 0 Å². The summed E-state index contributed by atoms with van der Waals surface area (Å²) in [5, 5.41) is 4.42. The van der Waals surface area contributed by atoms with Gasteiger partial charge in [0, 0.05) is 0 Å². The molecule has 5 aromatic rings. The second-order valence-corrected chi connectivity index (χ2v) is 28.3. The summed E-state index contributed by atoms with van der Waals surface area (Å²) in [5.74, 6) is -1.58. The average Bonchev–Trinajstić information content (AvgIpc) is 1.69. The number of phenolic OH excluding ortho intramolecular Hbond substituents is 1. The largest absolute Gasteiger partial charge is 0.743 e. The molecule has 0 saturated carbocycles. The zero-order valence-electron chi connectivity index (χ0n) is 53.6. The summed E-state index contributed by atoms with van der Waals surface area (Å²) < 4.78 is 126. The molecule has 3 fully saturated rings. The molecule has 494 valence electrons. The van der Waals surface area contributed by atoms with Gasteiger partial charge in [-0.05, 0) is 187 Å². The van der Waals surface area contributed by atoms with Crippen molar-refractivity contribution >= 4 is 50.9 Å². The van der Waals surface area contributed by atoms with Gasteiger partial charge in [0.2, 0.25) is 0 Å². The van der Waals surface area contributed by atoms with E-state index in [1.165, 1.54) is 52.8 Å². The van der Waals surface area contributed by atoms with Gasteiger partial charge in [-0.25, -0.2) is 8.42 Å². The van der Waals surface area contributed by atoms with Crippen molar-refractivity contribution in [1.29, 1.82) is 0 Å². The first-order valence-corrected chi connectivity index (χ1v) is 32.2. The van der Waals surface area contributed by atoms with Crippen LogP contribution >= 0.6 is 0 Å². The molecule has 0 aromatic heterocycles. The minimum Gasteiger partial charge on any atom is -0.743 e. The number of alkyl halides is 5. The molecule has 90 heavy (non-hydrogen) atoms. The highest BCUT2D eigenvalue weighted by atomic mass is 32.2. The van der Waals surface area contributed by atoms with Crippen LogP contribution in [0.4, 0.5) is 22.0 Å². The predicted octanol–water partition coefficient (Wildman–Crippen LogP) is 15.0. The average molecular weight is 1300 g/mol. The number of benzene rings is 5. The first-order chi connectivity index (χ1) is 41.6. The van der Waals surface area contributed by atoms with Gasteiger partial charge in [0.1, 0.15) is 23.2 Å². The van der Waals surface area contributed by atoms with Gasteiger partial charge in [-0.2, -0.15) is 22.0 Å². The third-order valence-electron chi connectivity index (χ3n) is 16.1. The molecule has 6 unspecified atom stereocenters. The first kappa shape index (κ1) is 75.6. The third kappa shape index (κ3) is 20.1. The molecule has 3 saturated heterocycles. The smallest absolute Gasteiger partial charge is 0.416 e. The van der Waals surface area contributed by atoms with E-state index in [0.717, 1.165) is 18.6 Å². The van der Waals surface area contributed by atoms with Crippen LogP contribution in [0.2, 0.25) is 0 Å². The summed E-state index contributed by atoms with van der Waals surface area (Å²) in [6, 6.07) is 42.9. The quantitative estimate of drug-likeness (QED) is 0.0215. The minimum atomic E-state index is -5.86. The molecule has 1 N–H and O–H groups in total. The summed E-state index contributed by atoms with van der Waals surface area (Å²) >= 11 is 0. The van der Waals surface area contributed by atoms with Crippen molar-refractivity contribution in [3.05, 3.63) is 151 Å². The van der Waals surface area contributed by atoms with Crippen molar-refractivity contribution in [2.45, 2.75) is 198 Å². The Morgan fingerprint density at radius 2 is 0.989 bits per heavy atom. The van der Waals surface area contributed by atoms with E-state index in [0.29, 0.717) is 43.9 Å². The van der Waals surface area contributed by atoms with E-state index in [1.54, 1.807) is 46.8 Å². The lowest BCUT2D eigenvalue weighted by Gasteiger charge is -2.31. The number of esters is 5. The summed E-state index contributed by atoms with van der Waals surface area (Å²) in [4.78, 5) is 62.9. The Morgan fingerprint density at radius 1 is 0.589 bits per heavy atom. The van der Waals surface area contributed by atoms with Gasteiger partial charge in [0.15, 0.2) is 43.1 Å². The highest BCUT2D eigenvalue weighted by Crippen LogP contribution is 2.48. The number of hydrogen-bond donors (Lipinski definition) is 1.